The highest BCUT2D eigenvalue weighted by atomic mass is 32.2. The molecule has 0 aliphatic carbocycles. The van der Waals surface area contributed by atoms with Crippen molar-refractivity contribution in [2.75, 3.05) is 6.61 Å². The van der Waals surface area contributed by atoms with E-state index >= 15 is 0 Å². The number of nitrogens with zero attached hydrogens (tertiary/aromatic N) is 2. The molecule has 1 atom stereocenters. The number of carbonyl (C=O) groups excluding carboxylic acids is 3. The Morgan fingerprint density at radius 2 is 1.97 bits per heavy atom. The van der Waals surface area contributed by atoms with Gasteiger partial charge in [0.05, 0.1) is 17.1 Å². The number of ether oxygens (including phenoxy) is 1. The van der Waals surface area contributed by atoms with Crippen LogP contribution in [0.2, 0.25) is 0 Å². The van der Waals surface area contributed by atoms with E-state index in [1.165, 1.54) is 29.7 Å². The summed E-state index contributed by atoms with van der Waals surface area (Å²) in [6.07, 6.45) is -1.54. The van der Waals surface area contributed by atoms with Crippen LogP contribution in [-0.2, 0) is 20.5 Å². The van der Waals surface area contributed by atoms with Gasteiger partial charge in [0.15, 0.2) is 0 Å². The van der Waals surface area contributed by atoms with Gasteiger partial charge in [-0.15, -0.1) is 0 Å². The molecule has 0 unspecified atom stereocenters. The Hall–Kier alpha value is -3.01. The van der Waals surface area contributed by atoms with Crippen molar-refractivity contribution in [1.82, 2.24) is 9.47 Å². The molecule has 2 aromatic rings. The Morgan fingerprint density at radius 3 is 2.63 bits per heavy atom. The average molecular weight is 438 g/mol. The van der Waals surface area contributed by atoms with Crippen LogP contribution >= 0.6 is 11.8 Å². The molecule has 0 N–H and O–H groups in total. The zero-order chi connectivity index (χ0) is 22.1. The molecular formula is C20H17F3N2O4S. The van der Waals surface area contributed by atoms with Gasteiger partial charge in [-0.05, 0) is 62.0 Å². The third-order valence-corrected chi connectivity index (χ3v) is 5.23. The number of benzene rings is 1. The quantitative estimate of drug-likeness (QED) is 0.509. The maximum atomic E-state index is 13.0. The molecule has 1 saturated heterocycles. The highest BCUT2D eigenvalue weighted by molar-refractivity contribution is 8.18. The van der Waals surface area contributed by atoms with Crippen molar-refractivity contribution < 1.29 is 32.3 Å². The van der Waals surface area contributed by atoms with E-state index in [0.29, 0.717) is 17.5 Å². The summed E-state index contributed by atoms with van der Waals surface area (Å²) in [5.74, 6) is -1.37. The highest BCUT2D eigenvalue weighted by Crippen LogP contribution is 2.35. The number of thioether (sulfide) groups is 1. The van der Waals surface area contributed by atoms with Gasteiger partial charge >= 0.3 is 12.1 Å². The number of alkyl halides is 3. The van der Waals surface area contributed by atoms with Crippen LogP contribution in [0, 0.1) is 0 Å². The van der Waals surface area contributed by atoms with Crippen LogP contribution in [0.4, 0.5) is 18.0 Å². The zero-order valence-electron chi connectivity index (χ0n) is 16.0. The number of imide groups is 1. The molecule has 0 saturated carbocycles. The molecule has 0 spiro atoms. The fraction of sp³-hybridized carbons (Fsp3) is 0.250. The number of aromatic nitrogens is 1. The van der Waals surface area contributed by atoms with Gasteiger partial charge in [0, 0.05) is 17.6 Å². The van der Waals surface area contributed by atoms with Gasteiger partial charge < -0.3 is 9.30 Å². The summed E-state index contributed by atoms with van der Waals surface area (Å²) in [7, 11) is 0. The predicted molar refractivity (Wildman–Crippen MR) is 105 cm³/mol. The number of halogens is 3. The smallest absolute Gasteiger partial charge is 0.416 e. The molecule has 1 aromatic heterocycles. The molecule has 1 fully saturated rings. The first kappa shape index (κ1) is 21.7. The van der Waals surface area contributed by atoms with Crippen LogP contribution < -0.4 is 0 Å². The number of hydrogen-bond donors (Lipinski definition) is 0. The molecule has 0 radical (unpaired) electrons. The molecule has 1 aliphatic heterocycles. The summed E-state index contributed by atoms with van der Waals surface area (Å²) in [6.45, 7) is 3.11. The Balaban J connectivity index is 1.91. The number of hydrogen-bond acceptors (Lipinski definition) is 5. The lowest BCUT2D eigenvalue weighted by Gasteiger charge is -2.19. The Bertz CT molecular complexity index is 1030. The SMILES string of the molecule is CCOC(=O)[C@@H](C)N1C(=O)S/C(=C/c2cccn2-c2cccc(C(F)(F)F)c2)C1=O. The van der Waals surface area contributed by atoms with Gasteiger partial charge in [-0.3, -0.25) is 14.5 Å². The Kier molecular flexibility index (Phi) is 6.06. The van der Waals surface area contributed by atoms with Gasteiger partial charge in [-0.2, -0.15) is 13.2 Å². The van der Waals surface area contributed by atoms with Crippen molar-refractivity contribution in [3.63, 3.8) is 0 Å². The van der Waals surface area contributed by atoms with Gasteiger partial charge in [-0.1, -0.05) is 6.07 Å². The van der Waals surface area contributed by atoms with Crippen LogP contribution in [-0.4, -0.2) is 39.2 Å². The molecule has 30 heavy (non-hydrogen) atoms. The van der Waals surface area contributed by atoms with E-state index in [1.807, 2.05) is 0 Å². The van der Waals surface area contributed by atoms with E-state index < -0.39 is 34.9 Å². The summed E-state index contributed by atoms with van der Waals surface area (Å²) < 4.78 is 45.4. The van der Waals surface area contributed by atoms with E-state index in [-0.39, 0.29) is 17.2 Å². The van der Waals surface area contributed by atoms with Gasteiger partial charge in [0.2, 0.25) is 0 Å². The Morgan fingerprint density at radius 1 is 1.23 bits per heavy atom. The van der Waals surface area contributed by atoms with E-state index in [2.05, 4.69) is 0 Å². The molecule has 2 amide bonds. The summed E-state index contributed by atoms with van der Waals surface area (Å²) in [6, 6.07) is 6.87. The summed E-state index contributed by atoms with van der Waals surface area (Å²) in [4.78, 5) is 37.7. The first-order chi connectivity index (χ1) is 14.1. The van der Waals surface area contributed by atoms with Crippen molar-refractivity contribution in [2.45, 2.75) is 26.1 Å². The van der Waals surface area contributed by atoms with Crippen molar-refractivity contribution >= 4 is 35.0 Å². The lowest BCUT2D eigenvalue weighted by molar-refractivity contribution is -0.150. The molecule has 1 aromatic carbocycles. The van der Waals surface area contributed by atoms with E-state index in [1.54, 1.807) is 25.3 Å². The Labute approximate surface area is 174 Å². The van der Waals surface area contributed by atoms with Crippen LogP contribution in [0.15, 0.2) is 47.5 Å². The standard InChI is InChI=1S/C20H17F3N2O4S/c1-3-29-18(27)12(2)25-17(26)16(30-19(25)28)11-15-8-5-9-24(15)14-7-4-6-13(10-14)20(21,22)23/h4-12H,3H2,1-2H3/b16-11+/t12-/m1/s1. The lowest BCUT2D eigenvalue weighted by atomic mass is 10.2. The molecule has 3 rings (SSSR count). The van der Waals surface area contributed by atoms with Crippen molar-refractivity contribution in [3.8, 4) is 5.69 Å². The minimum atomic E-state index is -4.49. The number of amides is 2. The maximum absolute atomic E-state index is 13.0. The monoisotopic (exact) mass is 438 g/mol. The zero-order valence-corrected chi connectivity index (χ0v) is 16.8. The minimum Gasteiger partial charge on any atom is -0.464 e. The second-order valence-corrected chi connectivity index (χ2v) is 7.32. The largest absolute Gasteiger partial charge is 0.464 e. The molecule has 0 bridgehead atoms. The summed E-state index contributed by atoms with van der Waals surface area (Å²) in [5.41, 5.74) is -0.146. The molecular weight excluding hydrogens is 421 g/mol. The van der Waals surface area contributed by atoms with E-state index in [9.17, 15) is 27.6 Å². The fourth-order valence-corrected chi connectivity index (χ4v) is 3.79. The summed E-state index contributed by atoms with van der Waals surface area (Å²) >= 11 is 0.653. The molecule has 1 aliphatic rings. The normalized spacial score (nSPS) is 17.0. The van der Waals surface area contributed by atoms with Crippen LogP contribution in [0.25, 0.3) is 11.8 Å². The average Bonchev–Trinajstić information content (AvgIpc) is 3.25. The van der Waals surface area contributed by atoms with Gasteiger partial charge in [0.1, 0.15) is 6.04 Å². The van der Waals surface area contributed by atoms with Crippen molar-refractivity contribution in [1.29, 1.82) is 0 Å². The molecule has 10 heteroatoms. The maximum Gasteiger partial charge on any atom is 0.416 e. The predicted octanol–water partition coefficient (Wildman–Crippen LogP) is 4.48. The van der Waals surface area contributed by atoms with Crippen molar-refractivity contribution in [3.05, 3.63) is 58.8 Å². The first-order valence-electron chi connectivity index (χ1n) is 8.92. The van der Waals surface area contributed by atoms with Crippen molar-refractivity contribution in [2.24, 2.45) is 0 Å². The number of esters is 1. The fourth-order valence-electron chi connectivity index (χ4n) is 2.90. The van der Waals surface area contributed by atoms with Gasteiger partial charge in [-0.25, -0.2) is 4.79 Å². The van der Waals surface area contributed by atoms with Crippen LogP contribution in [0.1, 0.15) is 25.1 Å². The molecule has 6 nitrogen and oxygen atoms in total. The number of carbonyl (C=O) groups is 3. The third-order valence-electron chi connectivity index (χ3n) is 4.35. The van der Waals surface area contributed by atoms with E-state index in [4.69, 9.17) is 4.74 Å². The second kappa shape index (κ2) is 8.39. The topological polar surface area (TPSA) is 68.6 Å². The van der Waals surface area contributed by atoms with Crippen LogP contribution in [0.3, 0.4) is 0 Å². The lowest BCUT2D eigenvalue weighted by Crippen LogP contribution is -2.42. The third kappa shape index (κ3) is 4.28. The van der Waals surface area contributed by atoms with Crippen LogP contribution in [0.5, 0.6) is 0 Å². The molecule has 158 valence electrons. The first-order valence-corrected chi connectivity index (χ1v) is 9.73. The second-order valence-electron chi connectivity index (χ2n) is 6.33. The summed E-state index contributed by atoms with van der Waals surface area (Å²) in [5, 5.41) is -0.621. The number of rotatable bonds is 5. The molecule has 2 heterocycles. The van der Waals surface area contributed by atoms with Gasteiger partial charge in [0.25, 0.3) is 11.1 Å². The minimum absolute atomic E-state index is 0.0584. The van der Waals surface area contributed by atoms with E-state index in [0.717, 1.165) is 17.0 Å². The highest BCUT2D eigenvalue weighted by Gasteiger charge is 2.41.